The molecule has 0 radical (unpaired) electrons. The Bertz CT molecular complexity index is 301. The first kappa shape index (κ1) is 14.5. The Morgan fingerprint density at radius 2 is 1.65 bits per heavy atom. The summed E-state index contributed by atoms with van der Waals surface area (Å²) in [6, 6.07) is 7.47. The van der Waals surface area contributed by atoms with Crippen molar-refractivity contribution < 1.29 is 4.74 Å². The second-order valence-electron chi connectivity index (χ2n) is 4.01. The molecule has 0 saturated heterocycles. The number of hydrogen-bond donors (Lipinski definition) is 1. The fourth-order valence-corrected chi connectivity index (χ4v) is 1.82. The Morgan fingerprint density at radius 3 is 2.29 bits per heavy atom. The number of halogens is 2. The summed E-state index contributed by atoms with van der Waals surface area (Å²) in [5.74, 6) is 0.876. The largest absolute Gasteiger partial charge is 0.494 e. The van der Waals surface area contributed by atoms with E-state index in [2.05, 4.69) is 0 Å². The fourth-order valence-electron chi connectivity index (χ4n) is 1.51. The highest BCUT2D eigenvalue weighted by atomic mass is 35.5. The third kappa shape index (κ3) is 7.35. The highest BCUT2D eigenvalue weighted by molar-refractivity contribution is 6.44. The molecular formula is C13H19Cl2NO. The average Bonchev–Trinajstić information content (AvgIpc) is 2.30. The summed E-state index contributed by atoms with van der Waals surface area (Å²) in [7, 11) is 0. The Labute approximate surface area is 113 Å². The van der Waals surface area contributed by atoms with Gasteiger partial charge in [-0.3, -0.25) is 0 Å². The van der Waals surface area contributed by atoms with Crippen molar-refractivity contribution in [1.29, 1.82) is 0 Å². The van der Waals surface area contributed by atoms with Crippen LogP contribution in [0.1, 0.15) is 32.1 Å². The lowest BCUT2D eigenvalue weighted by atomic mass is 10.2. The minimum Gasteiger partial charge on any atom is -0.494 e. The van der Waals surface area contributed by atoms with Crippen LogP contribution in [0, 0.1) is 0 Å². The van der Waals surface area contributed by atoms with Gasteiger partial charge in [-0.05, 0) is 37.1 Å². The highest BCUT2D eigenvalue weighted by Crippen LogP contribution is 2.15. The van der Waals surface area contributed by atoms with Crippen LogP contribution in [0.25, 0.3) is 0 Å². The first-order valence-corrected chi connectivity index (χ1v) is 6.82. The SMILES string of the molecule is Nc1ccc(OCCCCCCC(Cl)Cl)cc1. The summed E-state index contributed by atoms with van der Waals surface area (Å²) in [6.45, 7) is 0.745. The minimum atomic E-state index is -0.221. The van der Waals surface area contributed by atoms with E-state index >= 15 is 0 Å². The van der Waals surface area contributed by atoms with Gasteiger partial charge in [0.15, 0.2) is 0 Å². The zero-order valence-corrected chi connectivity index (χ0v) is 11.4. The number of ether oxygens (including phenoxy) is 1. The van der Waals surface area contributed by atoms with Gasteiger partial charge in [-0.2, -0.15) is 0 Å². The van der Waals surface area contributed by atoms with Crippen LogP contribution in [0.4, 0.5) is 5.69 Å². The van der Waals surface area contributed by atoms with Crippen molar-refractivity contribution in [3.63, 3.8) is 0 Å². The van der Waals surface area contributed by atoms with Crippen LogP contribution in [0.15, 0.2) is 24.3 Å². The molecule has 0 aliphatic heterocycles. The van der Waals surface area contributed by atoms with Crippen molar-refractivity contribution in [3.8, 4) is 5.75 Å². The molecule has 0 unspecified atom stereocenters. The molecule has 0 aromatic heterocycles. The van der Waals surface area contributed by atoms with Gasteiger partial charge >= 0.3 is 0 Å². The van der Waals surface area contributed by atoms with Gasteiger partial charge in [0.05, 0.1) is 6.61 Å². The number of hydrogen-bond acceptors (Lipinski definition) is 2. The van der Waals surface area contributed by atoms with Crippen molar-refractivity contribution in [2.75, 3.05) is 12.3 Å². The van der Waals surface area contributed by atoms with Crippen LogP contribution in [0.2, 0.25) is 0 Å². The van der Waals surface area contributed by atoms with Crippen molar-refractivity contribution in [2.24, 2.45) is 0 Å². The van der Waals surface area contributed by atoms with Crippen LogP contribution >= 0.6 is 23.2 Å². The van der Waals surface area contributed by atoms with E-state index < -0.39 is 0 Å². The van der Waals surface area contributed by atoms with Gasteiger partial charge in [0.2, 0.25) is 0 Å². The smallest absolute Gasteiger partial charge is 0.119 e. The van der Waals surface area contributed by atoms with E-state index in [1.165, 1.54) is 0 Å². The van der Waals surface area contributed by atoms with Gasteiger partial charge < -0.3 is 10.5 Å². The summed E-state index contributed by atoms with van der Waals surface area (Å²) >= 11 is 11.3. The van der Waals surface area contributed by atoms with Crippen molar-refractivity contribution >= 4 is 28.9 Å². The first-order chi connectivity index (χ1) is 8.18. The molecule has 0 bridgehead atoms. The van der Waals surface area contributed by atoms with E-state index in [4.69, 9.17) is 33.7 Å². The first-order valence-electron chi connectivity index (χ1n) is 5.95. The number of nitrogens with two attached hydrogens (primary N) is 1. The molecule has 0 fully saturated rings. The summed E-state index contributed by atoms with van der Waals surface area (Å²) in [5.41, 5.74) is 6.34. The molecule has 1 aromatic rings. The molecule has 0 amide bonds. The van der Waals surface area contributed by atoms with Crippen molar-refractivity contribution in [3.05, 3.63) is 24.3 Å². The molecule has 1 rings (SSSR count). The fraction of sp³-hybridized carbons (Fsp3) is 0.538. The molecular weight excluding hydrogens is 257 g/mol. The van der Waals surface area contributed by atoms with Crippen molar-refractivity contribution in [2.45, 2.75) is 36.9 Å². The number of rotatable bonds is 8. The molecule has 4 heteroatoms. The van der Waals surface area contributed by atoms with Crippen LogP contribution in [0.3, 0.4) is 0 Å². The second kappa shape index (κ2) is 8.48. The number of nitrogen functional groups attached to an aromatic ring is 1. The zero-order chi connectivity index (χ0) is 12.5. The summed E-state index contributed by atoms with van der Waals surface area (Å²) < 4.78 is 5.58. The Balaban J connectivity index is 1.99. The van der Waals surface area contributed by atoms with Gasteiger partial charge in [0.25, 0.3) is 0 Å². The summed E-state index contributed by atoms with van der Waals surface area (Å²) in [4.78, 5) is -0.221. The number of anilines is 1. The molecule has 2 N–H and O–H groups in total. The van der Waals surface area contributed by atoms with Crippen LogP contribution in [-0.4, -0.2) is 11.4 Å². The standard InChI is InChI=1S/C13H19Cl2NO/c14-13(15)5-3-1-2-4-10-17-12-8-6-11(16)7-9-12/h6-9,13H,1-5,10,16H2. The van der Waals surface area contributed by atoms with Crippen LogP contribution in [-0.2, 0) is 0 Å². The lowest BCUT2D eigenvalue weighted by Gasteiger charge is -2.06. The molecule has 2 nitrogen and oxygen atoms in total. The lowest BCUT2D eigenvalue weighted by Crippen LogP contribution is -1.97. The molecule has 0 aliphatic rings. The zero-order valence-electron chi connectivity index (χ0n) is 9.87. The topological polar surface area (TPSA) is 35.2 Å². The third-order valence-electron chi connectivity index (χ3n) is 2.47. The number of unbranched alkanes of at least 4 members (excludes halogenated alkanes) is 3. The minimum absolute atomic E-state index is 0.221. The maximum Gasteiger partial charge on any atom is 0.119 e. The second-order valence-corrected chi connectivity index (χ2v) is 5.29. The molecule has 1 aromatic carbocycles. The predicted molar refractivity (Wildman–Crippen MR) is 74.9 cm³/mol. The number of alkyl halides is 2. The van der Waals surface area contributed by atoms with Gasteiger partial charge in [0, 0.05) is 5.69 Å². The van der Waals surface area contributed by atoms with Gasteiger partial charge in [-0.15, -0.1) is 23.2 Å². The molecule has 17 heavy (non-hydrogen) atoms. The molecule has 0 atom stereocenters. The van der Waals surface area contributed by atoms with E-state index in [-0.39, 0.29) is 4.84 Å². The summed E-state index contributed by atoms with van der Waals surface area (Å²) in [5, 5.41) is 0. The number of benzene rings is 1. The van der Waals surface area contributed by atoms with E-state index in [0.717, 1.165) is 50.1 Å². The summed E-state index contributed by atoms with van der Waals surface area (Å²) in [6.07, 6.45) is 5.32. The van der Waals surface area contributed by atoms with Gasteiger partial charge in [0.1, 0.15) is 10.6 Å². The Kier molecular flexibility index (Phi) is 7.22. The average molecular weight is 276 g/mol. The van der Waals surface area contributed by atoms with E-state index in [1.807, 2.05) is 24.3 Å². The molecule has 0 saturated carbocycles. The maximum absolute atomic E-state index is 5.64. The van der Waals surface area contributed by atoms with Crippen LogP contribution in [0.5, 0.6) is 5.75 Å². The Morgan fingerprint density at radius 1 is 1.00 bits per heavy atom. The van der Waals surface area contributed by atoms with Crippen molar-refractivity contribution in [1.82, 2.24) is 0 Å². The van der Waals surface area contributed by atoms with E-state index in [9.17, 15) is 0 Å². The Hall–Kier alpha value is -0.600. The van der Waals surface area contributed by atoms with Gasteiger partial charge in [-0.25, -0.2) is 0 Å². The predicted octanol–water partition coefficient (Wildman–Crippen LogP) is 4.40. The quantitative estimate of drug-likeness (QED) is 0.434. The third-order valence-corrected chi connectivity index (χ3v) is 2.90. The molecule has 0 aliphatic carbocycles. The maximum atomic E-state index is 5.64. The monoisotopic (exact) mass is 275 g/mol. The molecule has 96 valence electrons. The van der Waals surface area contributed by atoms with Gasteiger partial charge in [-0.1, -0.05) is 19.3 Å². The highest BCUT2D eigenvalue weighted by Gasteiger charge is 1.98. The van der Waals surface area contributed by atoms with Crippen LogP contribution < -0.4 is 10.5 Å². The van der Waals surface area contributed by atoms with E-state index in [0.29, 0.717) is 0 Å². The lowest BCUT2D eigenvalue weighted by molar-refractivity contribution is 0.304. The van der Waals surface area contributed by atoms with E-state index in [1.54, 1.807) is 0 Å². The normalized spacial score (nSPS) is 10.8. The molecule has 0 heterocycles. The molecule has 0 spiro atoms.